The van der Waals surface area contributed by atoms with E-state index < -0.39 is 40.8 Å². The Hall–Kier alpha value is -3.86. The Bertz CT molecular complexity index is 1340. The lowest BCUT2D eigenvalue weighted by Crippen LogP contribution is -2.44. The number of rotatable bonds is 8. The molecule has 2 aromatic heterocycles. The second-order valence-electron chi connectivity index (χ2n) is 10.8. The van der Waals surface area contributed by atoms with E-state index in [1.54, 1.807) is 78.2 Å². The van der Waals surface area contributed by atoms with Gasteiger partial charge >= 0.3 is 17.8 Å². The van der Waals surface area contributed by atoms with E-state index in [0.29, 0.717) is 11.4 Å². The van der Waals surface area contributed by atoms with Crippen LogP contribution >= 0.6 is 11.6 Å². The van der Waals surface area contributed by atoms with Gasteiger partial charge in [-0.2, -0.15) is 0 Å². The van der Waals surface area contributed by atoms with Crippen LogP contribution in [0.15, 0.2) is 53.7 Å². The third kappa shape index (κ3) is 9.13. The summed E-state index contributed by atoms with van der Waals surface area (Å²) in [4.78, 5) is 41.9. The SMILES string of the molecule is CC(C)(C)OC(=O)C[C@@H](Cn1ccn(-c2ccc(Oc3ncc(Cl)cc3F)cc2)c1=O)NC(=O)OC(C)(C)C. The van der Waals surface area contributed by atoms with Crippen molar-refractivity contribution in [2.75, 3.05) is 0 Å². The van der Waals surface area contributed by atoms with Gasteiger partial charge in [0.2, 0.25) is 0 Å². The molecule has 2 heterocycles. The van der Waals surface area contributed by atoms with Gasteiger partial charge in [-0.15, -0.1) is 0 Å². The highest BCUT2D eigenvalue weighted by Gasteiger charge is 2.25. The van der Waals surface area contributed by atoms with Crippen molar-refractivity contribution in [3.05, 3.63) is 70.2 Å². The molecule has 1 N–H and O–H groups in total. The van der Waals surface area contributed by atoms with Gasteiger partial charge in [0, 0.05) is 25.1 Å². The maximum Gasteiger partial charge on any atom is 0.407 e. The van der Waals surface area contributed by atoms with Crippen LogP contribution in [0.5, 0.6) is 11.6 Å². The lowest BCUT2D eigenvalue weighted by molar-refractivity contribution is -0.155. The van der Waals surface area contributed by atoms with Crippen molar-refractivity contribution in [2.45, 2.75) is 71.8 Å². The molecule has 39 heavy (non-hydrogen) atoms. The molecule has 10 nitrogen and oxygen atoms in total. The zero-order chi connectivity index (χ0) is 29.0. The zero-order valence-electron chi connectivity index (χ0n) is 22.7. The lowest BCUT2D eigenvalue weighted by Gasteiger charge is -2.25. The number of alkyl carbamates (subject to hydrolysis) is 1. The van der Waals surface area contributed by atoms with Crippen molar-refractivity contribution in [3.8, 4) is 17.3 Å². The molecule has 0 spiro atoms. The Morgan fingerprint density at radius 1 is 1.05 bits per heavy atom. The summed E-state index contributed by atoms with van der Waals surface area (Å²) in [5, 5.41) is 2.81. The minimum Gasteiger partial charge on any atom is -0.460 e. The van der Waals surface area contributed by atoms with Crippen molar-refractivity contribution >= 4 is 23.7 Å². The van der Waals surface area contributed by atoms with E-state index in [2.05, 4.69) is 10.3 Å². The molecule has 3 aromatic rings. The van der Waals surface area contributed by atoms with E-state index in [1.807, 2.05) is 0 Å². The predicted molar refractivity (Wildman–Crippen MR) is 143 cm³/mol. The maximum absolute atomic E-state index is 14.0. The van der Waals surface area contributed by atoms with Gasteiger partial charge in [0.1, 0.15) is 17.0 Å². The van der Waals surface area contributed by atoms with Crippen molar-refractivity contribution in [3.63, 3.8) is 0 Å². The van der Waals surface area contributed by atoms with E-state index in [9.17, 15) is 18.8 Å². The molecule has 0 fully saturated rings. The summed E-state index contributed by atoms with van der Waals surface area (Å²) in [6.07, 6.45) is 3.47. The molecule has 0 aliphatic rings. The standard InChI is InChI=1S/C27H32ClFN4O6/c1-26(2,3)38-22(34)14-18(31-24(35)39-27(4,5)6)16-32-11-12-33(25(32)36)19-7-9-20(10-8-19)37-23-21(29)13-17(28)15-30-23/h7-13,15,18H,14,16H2,1-6H3,(H,31,35)/t18-/m0/s1. The highest BCUT2D eigenvalue weighted by Crippen LogP contribution is 2.25. The van der Waals surface area contributed by atoms with Crippen molar-refractivity contribution in [1.82, 2.24) is 19.4 Å². The molecule has 1 aromatic carbocycles. The Balaban J connectivity index is 1.76. The van der Waals surface area contributed by atoms with Crippen LogP contribution in [0.3, 0.4) is 0 Å². The van der Waals surface area contributed by atoms with Crippen LogP contribution in [0.4, 0.5) is 9.18 Å². The van der Waals surface area contributed by atoms with Gasteiger partial charge in [-0.25, -0.2) is 19.0 Å². The molecule has 0 radical (unpaired) electrons. The number of amides is 1. The van der Waals surface area contributed by atoms with E-state index in [0.717, 1.165) is 6.07 Å². The number of halogens is 2. The molecule has 3 rings (SSSR count). The van der Waals surface area contributed by atoms with Gasteiger partial charge in [0.25, 0.3) is 5.88 Å². The van der Waals surface area contributed by atoms with Crippen LogP contribution < -0.4 is 15.7 Å². The summed E-state index contributed by atoms with van der Waals surface area (Å²) in [7, 11) is 0. The highest BCUT2D eigenvalue weighted by atomic mass is 35.5. The van der Waals surface area contributed by atoms with Crippen LogP contribution in [-0.2, 0) is 20.8 Å². The van der Waals surface area contributed by atoms with Crippen molar-refractivity contribution in [2.24, 2.45) is 0 Å². The molecule has 0 unspecified atom stereocenters. The highest BCUT2D eigenvalue weighted by molar-refractivity contribution is 6.30. The first-order chi connectivity index (χ1) is 18.1. The number of ether oxygens (including phenoxy) is 3. The van der Waals surface area contributed by atoms with E-state index >= 15 is 0 Å². The molecule has 1 amide bonds. The third-order valence-corrected chi connectivity index (χ3v) is 5.13. The van der Waals surface area contributed by atoms with Crippen LogP contribution in [-0.4, -0.2) is 43.4 Å². The third-order valence-electron chi connectivity index (χ3n) is 4.92. The molecule has 12 heteroatoms. The van der Waals surface area contributed by atoms with Gasteiger partial charge in [0.05, 0.1) is 23.2 Å². The molecule has 210 valence electrons. The number of hydrogen-bond acceptors (Lipinski definition) is 7. The van der Waals surface area contributed by atoms with Crippen LogP contribution in [0, 0.1) is 5.82 Å². The van der Waals surface area contributed by atoms with E-state index in [-0.39, 0.29) is 23.9 Å². The molecule has 0 saturated heterocycles. The van der Waals surface area contributed by atoms with Crippen molar-refractivity contribution < 1.29 is 28.2 Å². The number of pyridine rings is 1. The van der Waals surface area contributed by atoms with Gasteiger partial charge in [-0.1, -0.05) is 11.6 Å². The van der Waals surface area contributed by atoms with Gasteiger partial charge < -0.3 is 19.5 Å². The number of imidazole rings is 1. The first-order valence-corrected chi connectivity index (χ1v) is 12.6. The Labute approximate surface area is 230 Å². The summed E-state index contributed by atoms with van der Waals surface area (Å²) in [6, 6.07) is 6.67. The topological polar surface area (TPSA) is 114 Å². The van der Waals surface area contributed by atoms with Crippen molar-refractivity contribution in [1.29, 1.82) is 0 Å². The smallest absolute Gasteiger partial charge is 0.407 e. The summed E-state index contributed by atoms with van der Waals surface area (Å²) in [5.41, 5.74) is -1.35. The number of nitrogens with zero attached hydrogens (tertiary/aromatic N) is 3. The fraction of sp³-hybridized carbons (Fsp3) is 0.407. The van der Waals surface area contributed by atoms with E-state index in [1.165, 1.54) is 15.3 Å². The molecule has 0 aliphatic carbocycles. The monoisotopic (exact) mass is 562 g/mol. The predicted octanol–water partition coefficient (Wildman–Crippen LogP) is 5.24. The second kappa shape index (κ2) is 11.9. The minimum atomic E-state index is -0.777. The van der Waals surface area contributed by atoms with Crippen LogP contribution in [0.25, 0.3) is 5.69 Å². The van der Waals surface area contributed by atoms with Crippen LogP contribution in [0.2, 0.25) is 5.02 Å². The van der Waals surface area contributed by atoms with Gasteiger partial charge in [-0.3, -0.25) is 13.9 Å². The van der Waals surface area contributed by atoms with E-state index in [4.69, 9.17) is 25.8 Å². The number of hydrogen-bond donors (Lipinski definition) is 1. The quantitative estimate of drug-likeness (QED) is 0.373. The fourth-order valence-electron chi connectivity index (χ4n) is 3.47. The fourth-order valence-corrected chi connectivity index (χ4v) is 3.61. The number of carbonyl (C=O) groups excluding carboxylic acids is 2. The number of esters is 1. The molecule has 0 saturated carbocycles. The molecular weight excluding hydrogens is 531 g/mol. The number of carbonyl (C=O) groups is 2. The molecule has 0 bridgehead atoms. The first kappa shape index (κ1) is 29.7. The average molecular weight is 563 g/mol. The maximum atomic E-state index is 14.0. The summed E-state index contributed by atoms with van der Waals surface area (Å²) >= 11 is 5.71. The second-order valence-corrected chi connectivity index (χ2v) is 11.2. The van der Waals surface area contributed by atoms with Gasteiger partial charge in [0.15, 0.2) is 5.82 Å². The van der Waals surface area contributed by atoms with Gasteiger partial charge in [-0.05, 0) is 71.9 Å². The Kier molecular flexibility index (Phi) is 9.06. The normalized spacial score (nSPS) is 12.5. The Morgan fingerprint density at radius 3 is 2.28 bits per heavy atom. The minimum absolute atomic E-state index is 0.00692. The average Bonchev–Trinajstić information content (AvgIpc) is 3.13. The number of nitrogens with one attached hydrogen (secondary N) is 1. The van der Waals surface area contributed by atoms with Crippen LogP contribution in [0.1, 0.15) is 48.0 Å². The summed E-state index contributed by atoms with van der Waals surface area (Å²) in [5.74, 6) is -1.16. The number of aromatic nitrogens is 3. The lowest BCUT2D eigenvalue weighted by atomic mass is 10.1. The molecule has 0 aliphatic heterocycles. The zero-order valence-corrected chi connectivity index (χ0v) is 23.4. The molecule has 1 atom stereocenters. The number of benzene rings is 1. The first-order valence-electron chi connectivity index (χ1n) is 12.2. The summed E-state index contributed by atoms with van der Waals surface area (Å²) < 4.78 is 32.9. The summed E-state index contributed by atoms with van der Waals surface area (Å²) in [6.45, 7) is 10.4. The molecular formula is C27H32ClFN4O6. The Morgan fingerprint density at radius 2 is 1.69 bits per heavy atom. The largest absolute Gasteiger partial charge is 0.460 e.